The van der Waals surface area contributed by atoms with Gasteiger partial charge in [-0.2, -0.15) is 0 Å². The van der Waals surface area contributed by atoms with Crippen molar-refractivity contribution >= 4 is 5.91 Å². The van der Waals surface area contributed by atoms with Crippen LogP contribution in [-0.4, -0.2) is 28.0 Å². The third-order valence-corrected chi connectivity index (χ3v) is 4.13. The lowest BCUT2D eigenvalue weighted by Gasteiger charge is -2.17. The van der Waals surface area contributed by atoms with E-state index in [1.807, 2.05) is 44.2 Å². The quantitative estimate of drug-likeness (QED) is 0.679. The van der Waals surface area contributed by atoms with Crippen LogP contribution in [0.2, 0.25) is 0 Å². The smallest absolute Gasteiger partial charge is 0.254 e. The molecule has 0 aliphatic rings. The van der Waals surface area contributed by atoms with E-state index in [9.17, 15) is 4.79 Å². The van der Waals surface area contributed by atoms with Gasteiger partial charge in [0, 0.05) is 30.4 Å². The Morgan fingerprint density at radius 2 is 1.96 bits per heavy atom. The van der Waals surface area contributed by atoms with Gasteiger partial charge in [0.2, 0.25) is 5.88 Å². The van der Waals surface area contributed by atoms with Crippen molar-refractivity contribution in [2.45, 2.75) is 27.0 Å². The minimum atomic E-state index is -0.114. The molecule has 1 aromatic carbocycles. The number of ether oxygens (including phenoxy) is 1. The summed E-state index contributed by atoms with van der Waals surface area (Å²) in [5, 5.41) is 3.93. The molecule has 0 aliphatic carbocycles. The average molecular weight is 351 g/mol. The van der Waals surface area contributed by atoms with E-state index in [0.29, 0.717) is 24.6 Å². The van der Waals surface area contributed by atoms with Crippen LogP contribution in [0, 0.1) is 13.8 Å². The fourth-order valence-electron chi connectivity index (χ4n) is 2.61. The van der Waals surface area contributed by atoms with Crippen LogP contribution < -0.4 is 4.74 Å². The molecule has 0 atom stereocenters. The van der Waals surface area contributed by atoms with Gasteiger partial charge in [-0.15, -0.1) is 0 Å². The molecule has 1 amide bonds. The molecule has 0 spiro atoms. The molecule has 3 rings (SSSR count). The molecule has 0 bridgehead atoms. The number of hydrogen-bond acceptors (Lipinski definition) is 5. The number of aromatic nitrogens is 2. The number of aryl methyl sites for hydroxylation is 2. The predicted molar refractivity (Wildman–Crippen MR) is 96.8 cm³/mol. The van der Waals surface area contributed by atoms with Crippen LogP contribution in [0.3, 0.4) is 0 Å². The summed E-state index contributed by atoms with van der Waals surface area (Å²) in [6, 6.07) is 13.2. The minimum absolute atomic E-state index is 0.114. The lowest BCUT2D eigenvalue weighted by Crippen LogP contribution is -2.26. The zero-order valence-electron chi connectivity index (χ0n) is 15.1. The summed E-state index contributed by atoms with van der Waals surface area (Å²) in [6.45, 7) is 4.55. The van der Waals surface area contributed by atoms with E-state index in [0.717, 1.165) is 22.6 Å². The van der Waals surface area contributed by atoms with Crippen molar-refractivity contribution in [3.63, 3.8) is 0 Å². The number of hydrogen-bond donors (Lipinski definition) is 0. The highest BCUT2D eigenvalue weighted by molar-refractivity contribution is 5.94. The SMILES string of the molecule is Cc1noc(C)c1CN(C)C(=O)c1ccnc(OCc2ccccc2)c1. The zero-order valence-corrected chi connectivity index (χ0v) is 15.1. The van der Waals surface area contributed by atoms with E-state index in [1.54, 1.807) is 30.3 Å². The van der Waals surface area contributed by atoms with Crippen LogP contribution in [0.4, 0.5) is 0 Å². The van der Waals surface area contributed by atoms with Crippen molar-refractivity contribution in [3.8, 4) is 5.88 Å². The van der Waals surface area contributed by atoms with Crippen molar-refractivity contribution in [2.75, 3.05) is 7.05 Å². The van der Waals surface area contributed by atoms with Crippen LogP contribution in [-0.2, 0) is 13.2 Å². The monoisotopic (exact) mass is 351 g/mol. The lowest BCUT2D eigenvalue weighted by atomic mass is 10.1. The summed E-state index contributed by atoms with van der Waals surface area (Å²) in [5.41, 5.74) is 3.29. The van der Waals surface area contributed by atoms with Crippen molar-refractivity contribution < 1.29 is 14.1 Å². The lowest BCUT2D eigenvalue weighted by molar-refractivity contribution is 0.0783. The number of carbonyl (C=O) groups excluding carboxylic acids is 1. The number of rotatable bonds is 6. The summed E-state index contributed by atoms with van der Waals surface area (Å²) in [7, 11) is 1.75. The van der Waals surface area contributed by atoms with E-state index in [2.05, 4.69) is 10.1 Å². The first-order chi connectivity index (χ1) is 12.5. The number of benzene rings is 1. The molecule has 0 saturated carbocycles. The maximum Gasteiger partial charge on any atom is 0.254 e. The Kier molecular flexibility index (Phi) is 5.31. The standard InChI is InChI=1S/C20H21N3O3/c1-14-18(15(2)26-22-14)12-23(3)20(24)17-9-10-21-19(11-17)25-13-16-7-5-4-6-8-16/h4-11H,12-13H2,1-3H3. The van der Waals surface area contributed by atoms with Crippen molar-refractivity contribution in [1.82, 2.24) is 15.0 Å². The largest absolute Gasteiger partial charge is 0.473 e. The second kappa shape index (κ2) is 7.82. The highest BCUT2D eigenvalue weighted by Gasteiger charge is 2.17. The van der Waals surface area contributed by atoms with Gasteiger partial charge in [-0.05, 0) is 25.5 Å². The van der Waals surface area contributed by atoms with Gasteiger partial charge in [-0.25, -0.2) is 4.98 Å². The van der Waals surface area contributed by atoms with E-state index in [1.165, 1.54) is 0 Å². The Bertz CT molecular complexity index is 871. The molecule has 6 nitrogen and oxygen atoms in total. The number of carbonyl (C=O) groups is 1. The molecular weight excluding hydrogens is 330 g/mol. The van der Waals surface area contributed by atoms with Crippen LogP contribution in [0.1, 0.15) is 32.9 Å². The Morgan fingerprint density at radius 1 is 1.19 bits per heavy atom. The van der Waals surface area contributed by atoms with E-state index >= 15 is 0 Å². The van der Waals surface area contributed by atoms with Gasteiger partial charge in [0.1, 0.15) is 12.4 Å². The van der Waals surface area contributed by atoms with Gasteiger partial charge in [0.25, 0.3) is 5.91 Å². The highest BCUT2D eigenvalue weighted by Crippen LogP contribution is 2.17. The third-order valence-electron chi connectivity index (χ3n) is 4.13. The molecule has 0 saturated heterocycles. The number of amides is 1. The Labute approximate surface area is 152 Å². The van der Waals surface area contributed by atoms with Gasteiger partial charge in [-0.1, -0.05) is 35.5 Å². The minimum Gasteiger partial charge on any atom is -0.473 e. The van der Waals surface area contributed by atoms with E-state index in [4.69, 9.17) is 9.26 Å². The first kappa shape index (κ1) is 17.7. The number of pyridine rings is 1. The predicted octanol–water partition coefficient (Wildman–Crippen LogP) is 3.54. The van der Waals surface area contributed by atoms with Gasteiger partial charge in [0.05, 0.1) is 12.2 Å². The molecule has 0 unspecified atom stereocenters. The normalized spacial score (nSPS) is 10.6. The van der Waals surface area contributed by atoms with E-state index in [-0.39, 0.29) is 5.91 Å². The molecule has 0 fully saturated rings. The van der Waals surface area contributed by atoms with Gasteiger partial charge in [0.15, 0.2) is 0 Å². The topological polar surface area (TPSA) is 68.5 Å². The molecule has 3 aromatic rings. The second-order valence-corrected chi connectivity index (χ2v) is 6.12. The van der Waals surface area contributed by atoms with Crippen LogP contribution in [0.5, 0.6) is 5.88 Å². The Hall–Kier alpha value is -3.15. The summed E-state index contributed by atoms with van der Waals surface area (Å²) < 4.78 is 10.9. The van der Waals surface area contributed by atoms with Gasteiger partial charge in [-0.3, -0.25) is 4.79 Å². The fraction of sp³-hybridized carbons (Fsp3) is 0.250. The van der Waals surface area contributed by atoms with Gasteiger partial charge >= 0.3 is 0 Å². The molecule has 0 N–H and O–H groups in total. The molecular formula is C20H21N3O3. The third kappa shape index (κ3) is 4.08. The summed E-state index contributed by atoms with van der Waals surface area (Å²) in [5.74, 6) is 1.03. The van der Waals surface area contributed by atoms with Crippen LogP contribution in [0.15, 0.2) is 53.2 Å². The second-order valence-electron chi connectivity index (χ2n) is 6.12. The summed E-state index contributed by atoms with van der Waals surface area (Å²) in [6.07, 6.45) is 1.58. The molecule has 0 radical (unpaired) electrons. The highest BCUT2D eigenvalue weighted by atomic mass is 16.5. The van der Waals surface area contributed by atoms with Crippen molar-refractivity contribution in [3.05, 3.63) is 76.8 Å². The maximum atomic E-state index is 12.7. The molecule has 6 heteroatoms. The molecule has 134 valence electrons. The zero-order chi connectivity index (χ0) is 18.5. The van der Waals surface area contributed by atoms with Crippen molar-refractivity contribution in [1.29, 1.82) is 0 Å². The fourth-order valence-corrected chi connectivity index (χ4v) is 2.61. The number of nitrogens with zero attached hydrogens (tertiary/aromatic N) is 3. The summed E-state index contributed by atoms with van der Waals surface area (Å²) >= 11 is 0. The van der Waals surface area contributed by atoms with Crippen LogP contribution in [0.25, 0.3) is 0 Å². The van der Waals surface area contributed by atoms with E-state index < -0.39 is 0 Å². The first-order valence-electron chi connectivity index (χ1n) is 8.34. The first-order valence-corrected chi connectivity index (χ1v) is 8.34. The summed E-state index contributed by atoms with van der Waals surface area (Å²) in [4.78, 5) is 18.5. The Morgan fingerprint density at radius 3 is 2.65 bits per heavy atom. The molecule has 2 heterocycles. The molecule has 0 aliphatic heterocycles. The maximum absolute atomic E-state index is 12.7. The molecule has 26 heavy (non-hydrogen) atoms. The van der Waals surface area contributed by atoms with Crippen molar-refractivity contribution in [2.24, 2.45) is 0 Å². The molecule has 2 aromatic heterocycles. The van der Waals surface area contributed by atoms with Gasteiger partial charge < -0.3 is 14.2 Å². The average Bonchev–Trinajstić information content (AvgIpc) is 2.98. The Balaban J connectivity index is 1.67. The van der Waals surface area contributed by atoms with Crippen LogP contribution >= 0.6 is 0 Å².